The lowest BCUT2D eigenvalue weighted by molar-refractivity contribution is -0.138. The molecule has 1 aliphatic heterocycles. The number of aliphatic carboxylic acids is 1. The highest BCUT2D eigenvalue weighted by atomic mass is 32.1. The van der Waals surface area contributed by atoms with E-state index in [0.29, 0.717) is 6.54 Å². The van der Waals surface area contributed by atoms with Gasteiger partial charge >= 0.3 is 5.97 Å². The minimum absolute atomic E-state index is 0.629. The number of carboxylic acid groups (broad SMARTS) is 1. The maximum atomic E-state index is 11.7. The van der Waals surface area contributed by atoms with Gasteiger partial charge in [0.15, 0.2) is 11.2 Å². The number of hydrogen-bond donors (Lipinski definition) is 1. The Bertz CT molecular complexity index is 638. The first kappa shape index (κ1) is 13.1. The van der Waals surface area contributed by atoms with E-state index in [1.54, 1.807) is 0 Å². The Kier molecular flexibility index (Phi) is 3.44. The maximum absolute atomic E-state index is 11.7. The predicted molar refractivity (Wildman–Crippen MR) is 79.4 cm³/mol. The Balaban J connectivity index is 2.02. The van der Waals surface area contributed by atoms with Crippen molar-refractivity contribution in [2.45, 2.75) is 25.8 Å². The molecular weight excluding hydrogens is 272 g/mol. The summed E-state index contributed by atoms with van der Waals surface area (Å²) >= 11 is 1.53. The molecule has 0 saturated heterocycles. The molecule has 3 rings (SSSR count). The molecule has 2 heterocycles. The van der Waals surface area contributed by atoms with E-state index in [2.05, 4.69) is 11.9 Å². The van der Waals surface area contributed by atoms with Crippen LogP contribution in [-0.4, -0.2) is 22.6 Å². The summed E-state index contributed by atoms with van der Waals surface area (Å²) in [6.07, 6.45) is 1.74. The van der Waals surface area contributed by atoms with Gasteiger partial charge in [0.2, 0.25) is 0 Å². The summed E-state index contributed by atoms with van der Waals surface area (Å²) in [4.78, 5) is 18.2. The van der Waals surface area contributed by atoms with Crippen LogP contribution in [0.15, 0.2) is 29.6 Å². The Labute approximate surface area is 121 Å². The van der Waals surface area contributed by atoms with Gasteiger partial charge in [-0.1, -0.05) is 31.2 Å². The number of carboxylic acids is 1. The van der Waals surface area contributed by atoms with Crippen LogP contribution in [0.4, 0.5) is 5.13 Å². The quantitative estimate of drug-likeness (QED) is 0.943. The summed E-state index contributed by atoms with van der Waals surface area (Å²) in [6.45, 7) is 2.75. The van der Waals surface area contributed by atoms with Crippen LogP contribution in [0.1, 0.15) is 29.8 Å². The normalized spacial score (nSPS) is 17.9. The molecule has 1 aromatic carbocycles. The fourth-order valence-electron chi connectivity index (χ4n) is 2.63. The summed E-state index contributed by atoms with van der Waals surface area (Å²) in [5, 5.41) is 12.4. The van der Waals surface area contributed by atoms with Crippen molar-refractivity contribution in [1.29, 1.82) is 0 Å². The van der Waals surface area contributed by atoms with E-state index in [-0.39, 0.29) is 0 Å². The first-order chi connectivity index (χ1) is 9.70. The SMILES string of the molecule is CCc1csc(N2CCc3ccccc3C2C(=O)O)n1. The lowest BCUT2D eigenvalue weighted by Gasteiger charge is -2.34. The van der Waals surface area contributed by atoms with Gasteiger partial charge in [-0.25, -0.2) is 9.78 Å². The molecule has 0 fully saturated rings. The standard InChI is InChI=1S/C15H16N2O2S/c1-2-11-9-20-15(16-11)17-8-7-10-5-3-4-6-12(10)13(17)14(18)19/h3-6,9,13H,2,7-8H2,1H3,(H,18,19). The van der Waals surface area contributed by atoms with Crippen molar-refractivity contribution < 1.29 is 9.90 Å². The van der Waals surface area contributed by atoms with E-state index in [4.69, 9.17) is 0 Å². The minimum atomic E-state index is -0.814. The molecule has 1 unspecified atom stereocenters. The number of benzene rings is 1. The summed E-state index contributed by atoms with van der Waals surface area (Å²) in [6, 6.07) is 7.16. The van der Waals surface area contributed by atoms with E-state index < -0.39 is 12.0 Å². The van der Waals surface area contributed by atoms with Crippen molar-refractivity contribution in [3.8, 4) is 0 Å². The largest absolute Gasteiger partial charge is 0.479 e. The van der Waals surface area contributed by atoms with Gasteiger partial charge in [-0.2, -0.15) is 0 Å². The van der Waals surface area contributed by atoms with E-state index >= 15 is 0 Å². The van der Waals surface area contributed by atoms with E-state index in [1.165, 1.54) is 11.3 Å². The lowest BCUT2D eigenvalue weighted by Crippen LogP contribution is -2.39. The Morgan fingerprint density at radius 2 is 2.30 bits per heavy atom. The van der Waals surface area contributed by atoms with Gasteiger partial charge in [0.05, 0.1) is 5.69 Å². The van der Waals surface area contributed by atoms with Crippen molar-refractivity contribution in [3.63, 3.8) is 0 Å². The van der Waals surface area contributed by atoms with Gasteiger partial charge in [-0.15, -0.1) is 11.3 Å². The fourth-order valence-corrected chi connectivity index (χ4v) is 3.59. The van der Waals surface area contributed by atoms with Crippen LogP contribution >= 0.6 is 11.3 Å². The highest BCUT2D eigenvalue weighted by molar-refractivity contribution is 7.13. The molecule has 5 heteroatoms. The first-order valence-electron chi connectivity index (χ1n) is 6.72. The molecule has 0 aliphatic carbocycles. The van der Waals surface area contributed by atoms with Crippen LogP contribution in [-0.2, 0) is 17.6 Å². The highest BCUT2D eigenvalue weighted by Crippen LogP contribution is 2.35. The summed E-state index contributed by atoms with van der Waals surface area (Å²) in [5.41, 5.74) is 3.04. The van der Waals surface area contributed by atoms with Crippen LogP contribution in [0.2, 0.25) is 0 Å². The number of nitrogens with zero attached hydrogens (tertiary/aromatic N) is 2. The Hall–Kier alpha value is -1.88. The molecule has 0 spiro atoms. The van der Waals surface area contributed by atoms with Crippen molar-refractivity contribution in [2.75, 3.05) is 11.4 Å². The molecule has 1 N–H and O–H groups in total. The maximum Gasteiger partial charge on any atom is 0.331 e. The molecule has 104 valence electrons. The van der Waals surface area contributed by atoms with Crippen molar-refractivity contribution >= 4 is 22.4 Å². The summed E-state index contributed by atoms with van der Waals surface area (Å²) in [7, 11) is 0. The first-order valence-corrected chi connectivity index (χ1v) is 7.60. The van der Waals surface area contributed by atoms with E-state index in [0.717, 1.165) is 34.8 Å². The second-order valence-electron chi connectivity index (χ2n) is 4.86. The Morgan fingerprint density at radius 1 is 1.50 bits per heavy atom. The zero-order valence-corrected chi connectivity index (χ0v) is 12.1. The van der Waals surface area contributed by atoms with Crippen LogP contribution in [0, 0.1) is 0 Å². The van der Waals surface area contributed by atoms with Crippen molar-refractivity contribution in [1.82, 2.24) is 4.98 Å². The number of aryl methyl sites for hydroxylation is 1. The third-order valence-electron chi connectivity index (χ3n) is 3.66. The molecule has 0 saturated carbocycles. The van der Waals surface area contributed by atoms with E-state index in [1.807, 2.05) is 34.5 Å². The second kappa shape index (κ2) is 5.25. The van der Waals surface area contributed by atoms with Crippen molar-refractivity contribution in [2.24, 2.45) is 0 Å². The number of thiazole rings is 1. The molecule has 1 aliphatic rings. The molecule has 4 nitrogen and oxygen atoms in total. The van der Waals surface area contributed by atoms with E-state index in [9.17, 15) is 9.90 Å². The molecule has 1 aromatic heterocycles. The number of rotatable bonds is 3. The molecular formula is C15H16N2O2S. The smallest absolute Gasteiger partial charge is 0.331 e. The highest BCUT2D eigenvalue weighted by Gasteiger charge is 2.34. The molecule has 20 heavy (non-hydrogen) atoms. The zero-order valence-electron chi connectivity index (χ0n) is 11.2. The average molecular weight is 288 g/mol. The van der Waals surface area contributed by atoms with Crippen molar-refractivity contribution in [3.05, 3.63) is 46.5 Å². The third kappa shape index (κ3) is 2.18. The predicted octanol–water partition coefficient (Wildman–Crippen LogP) is 2.89. The number of aromatic nitrogens is 1. The monoisotopic (exact) mass is 288 g/mol. The molecule has 0 radical (unpaired) electrons. The van der Waals surface area contributed by atoms with Crippen LogP contribution < -0.4 is 4.90 Å². The minimum Gasteiger partial charge on any atom is -0.479 e. The van der Waals surface area contributed by atoms with Crippen LogP contribution in [0.25, 0.3) is 0 Å². The summed E-state index contributed by atoms with van der Waals surface area (Å²) < 4.78 is 0. The van der Waals surface area contributed by atoms with Crippen LogP contribution in [0.5, 0.6) is 0 Å². The molecule has 1 atom stereocenters. The Morgan fingerprint density at radius 3 is 3.00 bits per heavy atom. The molecule has 2 aromatic rings. The molecule has 0 bridgehead atoms. The second-order valence-corrected chi connectivity index (χ2v) is 5.69. The topological polar surface area (TPSA) is 53.4 Å². The van der Waals surface area contributed by atoms with Crippen LogP contribution in [0.3, 0.4) is 0 Å². The van der Waals surface area contributed by atoms with Gasteiger partial charge < -0.3 is 10.0 Å². The van der Waals surface area contributed by atoms with Gasteiger partial charge in [0, 0.05) is 11.9 Å². The third-order valence-corrected chi connectivity index (χ3v) is 4.59. The van der Waals surface area contributed by atoms with Gasteiger partial charge in [0.25, 0.3) is 0 Å². The average Bonchev–Trinajstić information content (AvgIpc) is 2.94. The molecule has 0 amide bonds. The number of fused-ring (bicyclic) bond motifs is 1. The number of carbonyl (C=O) groups is 1. The van der Waals surface area contributed by atoms with Gasteiger partial charge in [0.1, 0.15) is 0 Å². The number of anilines is 1. The zero-order chi connectivity index (χ0) is 14.1. The van der Waals surface area contributed by atoms with Gasteiger partial charge in [-0.3, -0.25) is 0 Å². The lowest BCUT2D eigenvalue weighted by atomic mass is 9.93. The fraction of sp³-hybridized carbons (Fsp3) is 0.333. The van der Waals surface area contributed by atoms with Gasteiger partial charge in [-0.05, 0) is 24.0 Å². The summed E-state index contributed by atoms with van der Waals surface area (Å²) in [5.74, 6) is -0.814. The number of hydrogen-bond acceptors (Lipinski definition) is 4.